The van der Waals surface area contributed by atoms with Crippen molar-refractivity contribution in [1.82, 2.24) is 14.1 Å². The Bertz CT molecular complexity index is 909. The number of hydrogen-bond acceptors (Lipinski definition) is 3. The molecule has 0 aliphatic heterocycles. The van der Waals surface area contributed by atoms with Crippen molar-refractivity contribution >= 4 is 28.6 Å². The van der Waals surface area contributed by atoms with Gasteiger partial charge in [0.05, 0.1) is 10.8 Å². The Kier molecular flexibility index (Phi) is 3.96. The fourth-order valence-electron chi connectivity index (χ4n) is 3.60. The summed E-state index contributed by atoms with van der Waals surface area (Å²) in [5.74, 6) is 0.155. The van der Waals surface area contributed by atoms with Crippen molar-refractivity contribution in [3.63, 3.8) is 0 Å². The number of imidazole rings is 1. The number of rotatable bonds is 3. The third-order valence-electron chi connectivity index (χ3n) is 4.81. The molecule has 1 atom stereocenters. The van der Waals surface area contributed by atoms with Crippen LogP contribution in [0.5, 0.6) is 0 Å². The zero-order valence-electron chi connectivity index (χ0n) is 14.0. The molecule has 124 valence electrons. The van der Waals surface area contributed by atoms with E-state index in [4.69, 9.17) is 0 Å². The summed E-state index contributed by atoms with van der Waals surface area (Å²) >= 11 is 1.52. The smallest absolute Gasteiger partial charge is 0.244 e. The summed E-state index contributed by atoms with van der Waals surface area (Å²) in [6.45, 7) is 1.98. The lowest BCUT2D eigenvalue weighted by Gasteiger charge is -2.17. The van der Waals surface area contributed by atoms with Gasteiger partial charge in [-0.2, -0.15) is 0 Å². The highest BCUT2D eigenvalue weighted by molar-refractivity contribution is 8.00. The lowest BCUT2D eigenvalue weighted by molar-refractivity contribution is 0.0917. The number of para-hydroxylation sites is 1. The lowest BCUT2D eigenvalue weighted by atomic mass is 9.95. The van der Waals surface area contributed by atoms with Gasteiger partial charge in [0.15, 0.2) is 5.16 Å². The van der Waals surface area contributed by atoms with E-state index in [1.807, 2.05) is 35.4 Å². The quantitative estimate of drug-likeness (QED) is 0.675. The minimum atomic E-state index is -0.173. The van der Waals surface area contributed by atoms with Crippen LogP contribution in [0.4, 0.5) is 0 Å². The second-order valence-corrected chi connectivity index (χ2v) is 7.71. The van der Waals surface area contributed by atoms with Crippen molar-refractivity contribution in [3.05, 3.63) is 47.9 Å². The zero-order valence-corrected chi connectivity index (χ0v) is 14.8. The van der Waals surface area contributed by atoms with E-state index in [2.05, 4.69) is 23.2 Å². The van der Waals surface area contributed by atoms with Crippen LogP contribution >= 0.6 is 11.8 Å². The molecule has 4 rings (SSSR count). The van der Waals surface area contributed by atoms with Crippen LogP contribution in [0.1, 0.15) is 35.8 Å². The first-order valence-corrected chi connectivity index (χ1v) is 9.34. The minimum absolute atomic E-state index is 0.155. The summed E-state index contributed by atoms with van der Waals surface area (Å²) < 4.78 is 3.93. The van der Waals surface area contributed by atoms with Crippen molar-refractivity contribution in [1.29, 1.82) is 0 Å². The van der Waals surface area contributed by atoms with Crippen LogP contribution < -0.4 is 0 Å². The van der Waals surface area contributed by atoms with Crippen molar-refractivity contribution in [2.24, 2.45) is 7.05 Å². The second kappa shape index (κ2) is 6.13. The molecule has 2 aromatic heterocycles. The molecule has 0 fully saturated rings. The van der Waals surface area contributed by atoms with Crippen molar-refractivity contribution in [3.8, 4) is 0 Å². The van der Waals surface area contributed by atoms with Crippen LogP contribution in [0.2, 0.25) is 0 Å². The van der Waals surface area contributed by atoms with Gasteiger partial charge < -0.3 is 4.57 Å². The number of thioether (sulfide) groups is 1. The molecule has 0 bridgehead atoms. The Morgan fingerprint density at radius 3 is 2.83 bits per heavy atom. The van der Waals surface area contributed by atoms with Gasteiger partial charge in [-0.15, -0.1) is 0 Å². The highest BCUT2D eigenvalue weighted by Crippen LogP contribution is 2.33. The molecule has 0 saturated carbocycles. The van der Waals surface area contributed by atoms with Gasteiger partial charge in [0.1, 0.15) is 0 Å². The number of hydrogen-bond donors (Lipinski definition) is 0. The average Bonchev–Trinajstić information content (AvgIpc) is 3.15. The first-order valence-electron chi connectivity index (χ1n) is 8.46. The van der Waals surface area contributed by atoms with Gasteiger partial charge >= 0.3 is 0 Å². The molecule has 1 aliphatic rings. The SMILES string of the molecule is CC(Sc1nccn1C)C(=O)n1c2c(c3ccccc31)CCCC2. The van der Waals surface area contributed by atoms with E-state index in [1.54, 1.807) is 6.20 Å². The number of nitrogens with zero attached hydrogens (tertiary/aromatic N) is 3. The topological polar surface area (TPSA) is 39.8 Å². The van der Waals surface area contributed by atoms with E-state index in [0.29, 0.717) is 0 Å². The first-order chi connectivity index (χ1) is 11.7. The van der Waals surface area contributed by atoms with E-state index in [1.165, 1.54) is 34.8 Å². The predicted molar refractivity (Wildman–Crippen MR) is 97.7 cm³/mol. The number of benzene rings is 1. The Labute approximate surface area is 145 Å². The normalized spacial score (nSPS) is 15.4. The van der Waals surface area contributed by atoms with Crippen molar-refractivity contribution in [2.45, 2.75) is 43.0 Å². The van der Waals surface area contributed by atoms with Crippen LogP contribution in [0.15, 0.2) is 41.8 Å². The standard InChI is InChI=1S/C19H21N3OS/c1-13(24-19-20-11-12-21(19)2)18(23)22-16-9-5-3-7-14(16)15-8-4-6-10-17(15)22/h3,5,7,9,11-13H,4,6,8,10H2,1-2H3. The zero-order chi connectivity index (χ0) is 16.7. The largest absolute Gasteiger partial charge is 0.329 e. The summed E-state index contributed by atoms with van der Waals surface area (Å²) in [7, 11) is 1.96. The molecule has 1 aliphatic carbocycles. The molecule has 1 aromatic carbocycles. The molecule has 0 N–H and O–H groups in total. The Morgan fingerprint density at radius 1 is 1.25 bits per heavy atom. The summed E-state index contributed by atoms with van der Waals surface area (Å²) in [4.78, 5) is 17.6. The van der Waals surface area contributed by atoms with Crippen molar-refractivity contribution < 1.29 is 4.79 Å². The molecule has 0 spiro atoms. The third-order valence-corrected chi connectivity index (χ3v) is 5.97. The van der Waals surface area contributed by atoms with E-state index in [9.17, 15) is 4.79 Å². The molecular formula is C19H21N3OS. The summed E-state index contributed by atoms with van der Waals surface area (Å²) in [6.07, 6.45) is 8.13. The van der Waals surface area contributed by atoms with E-state index < -0.39 is 0 Å². The molecule has 3 aromatic rings. The molecular weight excluding hydrogens is 318 g/mol. The molecule has 2 heterocycles. The second-order valence-electron chi connectivity index (χ2n) is 6.40. The fourth-order valence-corrected chi connectivity index (χ4v) is 4.47. The molecule has 0 radical (unpaired) electrons. The van der Waals surface area contributed by atoms with Gasteiger partial charge in [0, 0.05) is 30.5 Å². The van der Waals surface area contributed by atoms with Crippen LogP contribution in [0.25, 0.3) is 10.9 Å². The van der Waals surface area contributed by atoms with Crippen LogP contribution in [0, 0.1) is 0 Å². The highest BCUT2D eigenvalue weighted by Gasteiger charge is 2.26. The van der Waals surface area contributed by atoms with Gasteiger partial charge in [0.2, 0.25) is 5.91 Å². The minimum Gasteiger partial charge on any atom is -0.329 e. The van der Waals surface area contributed by atoms with Crippen molar-refractivity contribution in [2.75, 3.05) is 0 Å². The highest BCUT2D eigenvalue weighted by atomic mass is 32.2. The van der Waals surface area contributed by atoms with Crippen LogP contribution in [-0.2, 0) is 19.9 Å². The maximum Gasteiger partial charge on any atom is 0.244 e. The maximum atomic E-state index is 13.2. The summed E-state index contributed by atoms with van der Waals surface area (Å²) in [5, 5.41) is 1.95. The summed E-state index contributed by atoms with van der Waals surface area (Å²) in [6, 6.07) is 8.32. The number of aryl methyl sites for hydroxylation is 2. The monoisotopic (exact) mass is 339 g/mol. The number of aromatic nitrogens is 3. The Balaban J connectivity index is 1.75. The molecule has 0 saturated heterocycles. The van der Waals surface area contributed by atoms with E-state index in [-0.39, 0.29) is 11.2 Å². The van der Waals surface area contributed by atoms with Gasteiger partial charge in [0.25, 0.3) is 0 Å². The van der Waals surface area contributed by atoms with Gasteiger partial charge in [-0.25, -0.2) is 4.98 Å². The molecule has 4 nitrogen and oxygen atoms in total. The molecule has 24 heavy (non-hydrogen) atoms. The lowest BCUT2D eigenvalue weighted by Crippen LogP contribution is -2.24. The van der Waals surface area contributed by atoms with Gasteiger partial charge in [-0.05, 0) is 44.2 Å². The number of fused-ring (bicyclic) bond motifs is 3. The third kappa shape index (κ3) is 2.47. The first kappa shape index (κ1) is 15.5. The molecule has 0 amide bonds. The number of carbonyl (C=O) groups excluding carboxylic acids is 1. The Morgan fingerprint density at radius 2 is 2.04 bits per heavy atom. The van der Waals surface area contributed by atoms with E-state index in [0.717, 1.165) is 29.9 Å². The number of carbonyl (C=O) groups is 1. The molecule has 5 heteroatoms. The summed E-state index contributed by atoms with van der Waals surface area (Å²) in [5.41, 5.74) is 3.65. The van der Waals surface area contributed by atoms with Gasteiger partial charge in [-0.1, -0.05) is 30.0 Å². The fraction of sp³-hybridized carbons (Fsp3) is 0.368. The van der Waals surface area contributed by atoms with E-state index >= 15 is 0 Å². The predicted octanol–water partition coefficient (Wildman–Crippen LogP) is 4.07. The maximum absolute atomic E-state index is 13.2. The Hall–Kier alpha value is -2.01. The van der Waals surface area contributed by atoms with Crippen LogP contribution in [-0.4, -0.2) is 25.3 Å². The van der Waals surface area contributed by atoms with Gasteiger partial charge in [-0.3, -0.25) is 9.36 Å². The molecule has 1 unspecified atom stereocenters. The van der Waals surface area contributed by atoms with Crippen LogP contribution in [0.3, 0.4) is 0 Å². The average molecular weight is 339 g/mol.